The van der Waals surface area contributed by atoms with Gasteiger partial charge in [-0.3, -0.25) is 4.79 Å². The number of rotatable bonds is 14. The lowest BCUT2D eigenvalue weighted by Gasteiger charge is -2.15. The second-order valence-electron chi connectivity index (χ2n) is 7.60. The zero-order chi connectivity index (χ0) is 22.5. The maximum absolute atomic E-state index is 12.6. The smallest absolute Gasteiger partial charge is 0.259 e. The molecule has 0 radical (unpaired) electrons. The summed E-state index contributed by atoms with van der Waals surface area (Å²) in [4.78, 5) is 12.6. The van der Waals surface area contributed by atoms with Gasteiger partial charge in [0.1, 0.15) is 5.75 Å². The van der Waals surface area contributed by atoms with Gasteiger partial charge in [0.25, 0.3) is 5.91 Å². The Kier molecular flexibility index (Phi) is 11.1. The Morgan fingerprint density at radius 2 is 1.52 bits per heavy atom. The highest BCUT2D eigenvalue weighted by molar-refractivity contribution is 6.31. The second-order valence-corrected chi connectivity index (χ2v) is 8.03. The normalized spacial score (nSPS) is 10.7. The van der Waals surface area contributed by atoms with Crippen molar-refractivity contribution in [3.8, 4) is 17.2 Å². The summed E-state index contributed by atoms with van der Waals surface area (Å²) in [5, 5.41) is 13.1. The molecule has 1 amide bonds. The summed E-state index contributed by atoms with van der Waals surface area (Å²) in [5.74, 6) is 0.721. The summed E-state index contributed by atoms with van der Waals surface area (Å²) in [5.41, 5.74) is 0.678. The minimum Gasteiger partial charge on any atom is -0.507 e. The van der Waals surface area contributed by atoms with E-state index in [1.807, 2.05) is 6.07 Å². The first-order valence-electron chi connectivity index (χ1n) is 11.2. The molecule has 6 heteroatoms. The minimum absolute atomic E-state index is 0.116. The SMILES string of the molecule is CCCCCCOc1ccc(NC(=O)c2cc(Cl)ccc2O)cc1OCCCCCC. The maximum Gasteiger partial charge on any atom is 0.259 e. The quantitative estimate of drug-likeness (QED) is 0.300. The molecule has 0 aliphatic carbocycles. The Morgan fingerprint density at radius 1 is 0.871 bits per heavy atom. The predicted molar refractivity (Wildman–Crippen MR) is 127 cm³/mol. The molecule has 2 aromatic rings. The molecule has 0 fully saturated rings. The van der Waals surface area contributed by atoms with Crippen LogP contribution in [-0.2, 0) is 0 Å². The van der Waals surface area contributed by atoms with Crippen molar-refractivity contribution < 1.29 is 19.4 Å². The van der Waals surface area contributed by atoms with E-state index in [9.17, 15) is 9.90 Å². The van der Waals surface area contributed by atoms with Gasteiger partial charge >= 0.3 is 0 Å². The number of unbranched alkanes of at least 4 members (excludes halogenated alkanes) is 6. The number of amides is 1. The van der Waals surface area contributed by atoms with Gasteiger partial charge in [-0.2, -0.15) is 0 Å². The molecule has 2 rings (SSSR count). The van der Waals surface area contributed by atoms with Crippen LogP contribution >= 0.6 is 11.6 Å². The molecule has 0 unspecified atom stereocenters. The molecule has 0 bridgehead atoms. The lowest BCUT2D eigenvalue weighted by molar-refractivity contribution is 0.102. The Labute approximate surface area is 190 Å². The standard InChI is InChI=1S/C25H34ClNO4/c1-3-5-7-9-15-30-23-14-12-20(18-24(23)31-16-10-8-6-4-2)27-25(29)21-17-19(26)11-13-22(21)28/h11-14,17-18,28H,3-10,15-16H2,1-2H3,(H,27,29). The summed E-state index contributed by atoms with van der Waals surface area (Å²) >= 11 is 5.96. The minimum atomic E-state index is -0.442. The number of hydrogen-bond acceptors (Lipinski definition) is 4. The molecule has 170 valence electrons. The van der Waals surface area contributed by atoms with Crippen LogP contribution in [0.25, 0.3) is 0 Å². The van der Waals surface area contributed by atoms with E-state index in [1.165, 1.54) is 43.9 Å². The number of carbonyl (C=O) groups is 1. The zero-order valence-electron chi connectivity index (χ0n) is 18.6. The van der Waals surface area contributed by atoms with Crippen LogP contribution in [0.1, 0.15) is 75.6 Å². The van der Waals surface area contributed by atoms with Crippen LogP contribution in [0.5, 0.6) is 17.2 Å². The molecule has 0 saturated carbocycles. The number of phenolic OH excluding ortho intramolecular Hbond substituents is 1. The van der Waals surface area contributed by atoms with Gasteiger partial charge < -0.3 is 19.9 Å². The highest BCUT2D eigenvalue weighted by Gasteiger charge is 2.14. The number of hydrogen-bond donors (Lipinski definition) is 2. The van der Waals surface area contributed by atoms with E-state index in [4.69, 9.17) is 21.1 Å². The van der Waals surface area contributed by atoms with Crippen molar-refractivity contribution >= 4 is 23.2 Å². The zero-order valence-corrected chi connectivity index (χ0v) is 19.3. The van der Waals surface area contributed by atoms with Crippen LogP contribution in [0.2, 0.25) is 5.02 Å². The monoisotopic (exact) mass is 447 g/mol. The molecule has 0 spiro atoms. The van der Waals surface area contributed by atoms with E-state index in [1.54, 1.807) is 12.1 Å². The van der Waals surface area contributed by atoms with Crippen molar-refractivity contribution in [2.24, 2.45) is 0 Å². The highest BCUT2D eigenvalue weighted by Crippen LogP contribution is 2.32. The number of ether oxygens (including phenoxy) is 2. The third-order valence-corrected chi connectivity index (χ3v) is 5.15. The summed E-state index contributed by atoms with van der Waals surface area (Å²) in [7, 11) is 0. The van der Waals surface area contributed by atoms with Crippen LogP contribution in [0.15, 0.2) is 36.4 Å². The van der Waals surface area contributed by atoms with Gasteiger partial charge in [0.15, 0.2) is 11.5 Å². The topological polar surface area (TPSA) is 67.8 Å². The average Bonchev–Trinajstić information content (AvgIpc) is 2.76. The van der Waals surface area contributed by atoms with Crippen LogP contribution < -0.4 is 14.8 Å². The highest BCUT2D eigenvalue weighted by atomic mass is 35.5. The molecule has 0 aromatic heterocycles. The average molecular weight is 448 g/mol. The van der Waals surface area contributed by atoms with Gasteiger partial charge in [-0.25, -0.2) is 0 Å². The molecule has 0 aliphatic heterocycles. The Morgan fingerprint density at radius 3 is 2.16 bits per heavy atom. The number of carbonyl (C=O) groups excluding carboxylic acids is 1. The second kappa shape index (κ2) is 13.8. The molecule has 0 aliphatic rings. The van der Waals surface area contributed by atoms with E-state index in [2.05, 4.69) is 19.2 Å². The van der Waals surface area contributed by atoms with Crippen LogP contribution in [0, 0.1) is 0 Å². The van der Waals surface area contributed by atoms with Crippen molar-refractivity contribution in [3.05, 3.63) is 47.0 Å². The molecule has 2 aromatic carbocycles. The van der Waals surface area contributed by atoms with Crippen molar-refractivity contribution in [1.82, 2.24) is 0 Å². The number of nitrogens with one attached hydrogen (secondary N) is 1. The Balaban J connectivity index is 2.07. The van der Waals surface area contributed by atoms with Crippen molar-refractivity contribution in [3.63, 3.8) is 0 Å². The summed E-state index contributed by atoms with van der Waals surface area (Å²) in [6.07, 6.45) is 8.96. The van der Waals surface area contributed by atoms with Crippen molar-refractivity contribution in [1.29, 1.82) is 0 Å². The molecular weight excluding hydrogens is 414 g/mol. The van der Waals surface area contributed by atoms with E-state index in [-0.39, 0.29) is 11.3 Å². The number of anilines is 1. The molecule has 0 atom stereocenters. The van der Waals surface area contributed by atoms with Gasteiger partial charge in [-0.05, 0) is 43.2 Å². The van der Waals surface area contributed by atoms with Gasteiger partial charge in [0.05, 0.1) is 18.8 Å². The predicted octanol–water partition coefficient (Wildman–Crippen LogP) is 7.22. The number of halogens is 1. The van der Waals surface area contributed by atoms with Crippen LogP contribution in [-0.4, -0.2) is 24.2 Å². The number of phenols is 1. The fourth-order valence-corrected chi connectivity index (χ4v) is 3.30. The first kappa shape index (κ1) is 24.9. The van der Waals surface area contributed by atoms with Gasteiger partial charge in [0.2, 0.25) is 0 Å². The first-order chi connectivity index (χ1) is 15.0. The van der Waals surface area contributed by atoms with E-state index in [0.717, 1.165) is 25.7 Å². The summed E-state index contributed by atoms with van der Waals surface area (Å²) in [6.45, 7) is 5.59. The molecule has 2 N–H and O–H groups in total. The molecule has 0 heterocycles. The van der Waals surface area contributed by atoms with Gasteiger partial charge in [-0.1, -0.05) is 64.0 Å². The fraction of sp³-hybridized carbons (Fsp3) is 0.480. The third-order valence-electron chi connectivity index (χ3n) is 4.92. The molecular formula is C25H34ClNO4. The Bertz CT molecular complexity index is 825. The molecule has 31 heavy (non-hydrogen) atoms. The number of aromatic hydroxyl groups is 1. The lowest BCUT2D eigenvalue weighted by Crippen LogP contribution is -2.12. The van der Waals surface area contributed by atoms with E-state index in [0.29, 0.717) is 35.4 Å². The van der Waals surface area contributed by atoms with Crippen molar-refractivity contribution in [2.45, 2.75) is 65.2 Å². The van der Waals surface area contributed by atoms with E-state index >= 15 is 0 Å². The largest absolute Gasteiger partial charge is 0.507 e. The lowest BCUT2D eigenvalue weighted by atomic mass is 10.1. The van der Waals surface area contributed by atoms with Crippen LogP contribution in [0.4, 0.5) is 5.69 Å². The third kappa shape index (κ3) is 8.70. The van der Waals surface area contributed by atoms with Gasteiger partial charge in [-0.15, -0.1) is 0 Å². The number of benzene rings is 2. The summed E-state index contributed by atoms with van der Waals surface area (Å²) < 4.78 is 11.9. The van der Waals surface area contributed by atoms with Crippen LogP contribution in [0.3, 0.4) is 0 Å². The maximum atomic E-state index is 12.6. The molecule has 0 saturated heterocycles. The fourth-order valence-electron chi connectivity index (χ4n) is 3.13. The van der Waals surface area contributed by atoms with Gasteiger partial charge in [0, 0.05) is 16.8 Å². The Hall–Kier alpha value is -2.40. The summed E-state index contributed by atoms with van der Waals surface area (Å²) in [6, 6.07) is 9.72. The first-order valence-corrected chi connectivity index (χ1v) is 11.6. The van der Waals surface area contributed by atoms with E-state index < -0.39 is 5.91 Å². The molecule has 5 nitrogen and oxygen atoms in total. The van der Waals surface area contributed by atoms with Crippen molar-refractivity contribution in [2.75, 3.05) is 18.5 Å².